The van der Waals surface area contributed by atoms with Crippen LogP contribution in [-0.4, -0.2) is 47.4 Å². The number of ether oxygens (including phenoxy) is 2. The minimum atomic E-state index is -0.779. The van der Waals surface area contributed by atoms with E-state index in [1.54, 1.807) is 30.3 Å². The molecule has 0 bridgehead atoms. The Kier molecular flexibility index (Phi) is 5.63. The summed E-state index contributed by atoms with van der Waals surface area (Å²) in [6.45, 7) is 2.28. The Hall–Kier alpha value is -3.35. The van der Waals surface area contributed by atoms with Crippen molar-refractivity contribution in [3.8, 4) is 11.5 Å². The van der Waals surface area contributed by atoms with Gasteiger partial charge in [0.15, 0.2) is 11.5 Å². The topological polar surface area (TPSA) is 89.0 Å². The molecule has 28 heavy (non-hydrogen) atoms. The molecule has 0 spiro atoms. The third-order valence-electron chi connectivity index (χ3n) is 4.69. The fraction of sp³-hybridized carbons (Fsp3) is 0.286. The number of benzene rings is 1. The SMILES string of the molecule is CCCN1C(=O)C(=O)/C(=C(/O)c2ccncc2)C1c1cccc(OC)c1OC. The van der Waals surface area contributed by atoms with Gasteiger partial charge in [-0.15, -0.1) is 0 Å². The number of aliphatic hydroxyl groups is 1. The lowest BCUT2D eigenvalue weighted by Gasteiger charge is -2.26. The number of amides is 1. The molecule has 1 aliphatic heterocycles. The Morgan fingerprint density at radius 1 is 1.14 bits per heavy atom. The van der Waals surface area contributed by atoms with Crippen LogP contribution in [0.1, 0.15) is 30.5 Å². The number of pyridine rings is 1. The average Bonchev–Trinajstić information content (AvgIpc) is 2.98. The zero-order valence-electron chi connectivity index (χ0n) is 16.0. The van der Waals surface area contributed by atoms with Crippen LogP contribution in [0.4, 0.5) is 0 Å². The normalized spacial score (nSPS) is 18.4. The van der Waals surface area contributed by atoms with E-state index < -0.39 is 17.7 Å². The van der Waals surface area contributed by atoms with Crippen molar-refractivity contribution in [3.63, 3.8) is 0 Å². The number of nitrogens with zero attached hydrogens (tertiary/aromatic N) is 2. The number of Topliss-reactive ketones (excluding diaryl/α,β-unsaturated/α-hetero) is 1. The molecule has 1 aromatic carbocycles. The fourth-order valence-electron chi connectivity index (χ4n) is 3.47. The van der Waals surface area contributed by atoms with Crippen LogP contribution in [-0.2, 0) is 9.59 Å². The maximum Gasteiger partial charge on any atom is 0.295 e. The second-order valence-corrected chi connectivity index (χ2v) is 6.31. The van der Waals surface area contributed by atoms with Gasteiger partial charge in [-0.05, 0) is 24.6 Å². The van der Waals surface area contributed by atoms with E-state index in [9.17, 15) is 14.7 Å². The monoisotopic (exact) mass is 382 g/mol. The van der Waals surface area contributed by atoms with Gasteiger partial charge in [0, 0.05) is 30.1 Å². The molecule has 0 saturated carbocycles. The first-order chi connectivity index (χ1) is 13.5. The van der Waals surface area contributed by atoms with Gasteiger partial charge in [-0.25, -0.2) is 0 Å². The molecule has 1 aliphatic rings. The van der Waals surface area contributed by atoms with Crippen LogP contribution < -0.4 is 9.47 Å². The minimum absolute atomic E-state index is 0.0243. The molecular weight excluding hydrogens is 360 g/mol. The van der Waals surface area contributed by atoms with E-state index in [0.717, 1.165) is 0 Å². The lowest BCUT2D eigenvalue weighted by atomic mass is 9.94. The highest BCUT2D eigenvalue weighted by atomic mass is 16.5. The second-order valence-electron chi connectivity index (χ2n) is 6.31. The van der Waals surface area contributed by atoms with Crippen molar-refractivity contribution < 1.29 is 24.2 Å². The number of rotatable bonds is 6. The lowest BCUT2D eigenvalue weighted by molar-refractivity contribution is -0.139. The molecule has 1 amide bonds. The highest BCUT2D eigenvalue weighted by Crippen LogP contribution is 2.45. The van der Waals surface area contributed by atoms with Crippen LogP contribution in [0.2, 0.25) is 0 Å². The van der Waals surface area contributed by atoms with Crippen molar-refractivity contribution in [2.45, 2.75) is 19.4 Å². The maximum atomic E-state index is 12.8. The summed E-state index contributed by atoms with van der Waals surface area (Å²) in [5.41, 5.74) is 1.01. The number of aliphatic hydroxyl groups excluding tert-OH is 1. The van der Waals surface area contributed by atoms with Gasteiger partial charge in [0.2, 0.25) is 0 Å². The number of aromatic nitrogens is 1. The zero-order valence-corrected chi connectivity index (χ0v) is 16.0. The highest BCUT2D eigenvalue weighted by Gasteiger charge is 2.47. The third-order valence-corrected chi connectivity index (χ3v) is 4.69. The number of methoxy groups -OCH3 is 2. The fourth-order valence-corrected chi connectivity index (χ4v) is 3.47. The van der Waals surface area contributed by atoms with Crippen molar-refractivity contribution in [3.05, 3.63) is 59.4 Å². The standard InChI is InChI=1S/C21H22N2O5/c1-4-12-23-17(14-6-5-7-15(27-2)20(14)28-3)16(19(25)21(23)26)18(24)13-8-10-22-11-9-13/h5-11,17,24H,4,12H2,1-3H3/b18-16+. The van der Waals surface area contributed by atoms with Crippen LogP contribution in [0, 0.1) is 0 Å². The first-order valence-electron chi connectivity index (χ1n) is 8.94. The summed E-state index contributed by atoms with van der Waals surface area (Å²) >= 11 is 0. The van der Waals surface area contributed by atoms with Crippen molar-refractivity contribution in [2.75, 3.05) is 20.8 Å². The van der Waals surface area contributed by atoms with Crippen LogP contribution in [0.5, 0.6) is 11.5 Å². The summed E-state index contributed by atoms with van der Waals surface area (Å²) in [6, 6.07) is 7.65. The number of hydrogen-bond acceptors (Lipinski definition) is 6. The van der Waals surface area contributed by atoms with Crippen LogP contribution in [0.25, 0.3) is 5.76 Å². The van der Waals surface area contributed by atoms with Gasteiger partial charge >= 0.3 is 0 Å². The number of carbonyl (C=O) groups is 2. The lowest BCUT2D eigenvalue weighted by Crippen LogP contribution is -2.30. The Morgan fingerprint density at radius 2 is 1.86 bits per heavy atom. The smallest absolute Gasteiger partial charge is 0.295 e. The first-order valence-corrected chi connectivity index (χ1v) is 8.94. The molecule has 1 unspecified atom stereocenters. The largest absolute Gasteiger partial charge is 0.507 e. The molecule has 1 fully saturated rings. The van der Waals surface area contributed by atoms with Crippen LogP contribution >= 0.6 is 0 Å². The van der Waals surface area contributed by atoms with Crippen LogP contribution in [0.3, 0.4) is 0 Å². The zero-order chi connectivity index (χ0) is 20.3. The Morgan fingerprint density at radius 3 is 2.46 bits per heavy atom. The van der Waals surface area contributed by atoms with Gasteiger partial charge in [0.25, 0.3) is 11.7 Å². The van der Waals surface area contributed by atoms with Crippen LogP contribution in [0.15, 0.2) is 48.3 Å². The number of hydrogen-bond donors (Lipinski definition) is 1. The summed E-state index contributed by atoms with van der Waals surface area (Å²) < 4.78 is 10.9. The van der Waals surface area contributed by atoms with E-state index >= 15 is 0 Å². The van der Waals surface area contributed by atoms with E-state index in [0.29, 0.717) is 35.6 Å². The molecule has 0 radical (unpaired) electrons. The summed E-state index contributed by atoms with van der Waals surface area (Å²) in [7, 11) is 3.01. The summed E-state index contributed by atoms with van der Waals surface area (Å²) in [5, 5.41) is 10.9. The van der Waals surface area contributed by atoms with Gasteiger partial charge < -0.3 is 19.5 Å². The Balaban J connectivity index is 2.27. The highest BCUT2D eigenvalue weighted by molar-refractivity contribution is 6.46. The molecule has 3 rings (SSSR count). The number of carbonyl (C=O) groups excluding carboxylic acids is 2. The molecule has 1 N–H and O–H groups in total. The van der Waals surface area contributed by atoms with Gasteiger partial charge in [-0.1, -0.05) is 19.1 Å². The molecule has 7 heteroatoms. The predicted octanol–water partition coefficient (Wildman–Crippen LogP) is 2.93. The Labute approximate surface area is 163 Å². The number of likely N-dealkylation sites (tertiary alicyclic amines) is 1. The molecule has 7 nitrogen and oxygen atoms in total. The van der Waals surface area contributed by atoms with E-state index in [-0.39, 0.29) is 11.3 Å². The van der Waals surface area contributed by atoms with Crippen molar-refractivity contribution in [1.82, 2.24) is 9.88 Å². The summed E-state index contributed by atoms with van der Waals surface area (Å²) in [4.78, 5) is 31.0. The van der Waals surface area contributed by atoms with E-state index in [1.165, 1.54) is 31.5 Å². The van der Waals surface area contributed by atoms with Gasteiger partial charge in [0.1, 0.15) is 5.76 Å². The third kappa shape index (κ3) is 3.19. The maximum absolute atomic E-state index is 12.8. The molecular formula is C21H22N2O5. The average molecular weight is 382 g/mol. The minimum Gasteiger partial charge on any atom is -0.507 e. The quantitative estimate of drug-likeness (QED) is 0.469. The molecule has 0 aliphatic carbocycles. The number of ketones is 1. The molecule has 1 aromatic heterocycles. The number of para-hydroxylation sites is 1. The Bertz CT molecular complexity index is 924. The summed E-state index contributed by atoms with van der Waals surface area (Å²) in [6.07, 6.45) is 3.68. The van der Waals surface area contributed by atoms with E-state index in [4.69, 9.17) is 9.47 Å². The first kappa shape index (κ1) is 19.4. The second kappa shape index (κ2) is 8.12. The molecule has 2 heterocycles. The van der Waals surface area contributed by atoms with E-state index in [1.807, 2.05) is 6.92 Å². The molecule has 2 aromatic rings. The van der Waals surface area contributed by atoms with Crippen molar-refractivity contribution >= 4 is 17.4 Å². The predicted molar refractivity (Wildman–Crippen MR) is 103 cm³/mol. The van der Waals surface area contributed by atoms with Gasteiger partial charge in [-0.2, -0.15) is 0 Å². The van der Waals surface area contributed by atoms with E-state index in [2.05, 4.69) is 4.98 Å². The molecule has 146 valence electrons. The summed E-state index contributed by atoms with van der Waals surface area (Å²) in [5.74, 6) is -0.719. The molecule has 1 atom stereocenters. The van der Waals surface area contributed by atoms with Crippen molar-refractivity contribution in [2.24, 2.45) is 0 Å². The molecule has 1 saturated heterocycles. The van der Waals surface area contributed by atoms with Crippen molar-refractivity contribution in [1.29, 1.82) is 0 Å². The van der Waals surface area contributed by atoms with Gasteiger partial charge in [-0.3, -0.25) is 14.6 Å². The van der Waals surface area contributed by atoms with Gasteiger partial charge in [0.05, 0.1) is 25.8 Å².